The van der Waals surface area contributed by atoms with Crippen LogP contribution in [-0.4, -0.2) is 55.7 Å². The summed E-state index contributed by atoms with van der Waals surface area (Å²) in [4.78, 5) is 6.87. The van der Waals surface area contributed by atoms with Gasteiger partial charge in [0.2, 0.25) is 0 Å². The zero-order chi connectivity index (χ0) is 17.5. The number of nitrogens with one attached hydrogen (secondary N) is 2. The first kappa shape index (κ1) is 18.6. The third kappa shape index (κ3) is 5.41. The van der Waals surface area contributed by atoms with Gasteiger partial charge in [-0.05, 0) is 38.8 Å². The summed E-state index contributed by atoms with van der Waals surface area (Å²) in [6.07, 6.45) is 0.0686. The van der Waals surface area contributed by atoms with E-state index in [0.717, 1.165) is 24.8 Å². The Morgan fingerprint density at radius 3 is 2.54 bits per heavy atom. The molecular weight excluding hydrogens is 300 g/mol. The van der Waals surface area contributed by atoms with Crippen LogP contribution < -0.4 is 15.4 Å². The molecule has 0 amide bonds. The standard InChI is InChI=1S/C19H32N4O/c1-14(2)23-12-15(3)18(13-23)22-19(20-5)21-11-16(4)24-17-9-7-6-8-10-17/h6-10,14-16,18H,11-13H2,1-5H3,(H2,20,21,22). The molecule has 5 nitrogen and oxygen atoms in total. The second-order valence-corrected chi connectivity index (χ2v) is 6.97. The van der Waals surface area contributed by atoms with Crippen molar-refractivity contribution in [1.29, 1.82) is 0 Å². The molecule has 2 N–H and O–H groups in total. The Balaban J connectivity index is 1.78. The number of hydrogen-bond donors (Lipinski definition) is 2. The normalized spacial score (nSPS) is 23.3. The van der Waals surface area contributed by atoms with Crippen LogP contribution in [0.25, 0.3) is 0 Å². The molecular formula is C19H32N4O. The number of para-hydroxylation sites is 1. The summed E-state index contributed by atoms with van der Waals surface area (Å²) < 4.78 is 5.90. The van der Waals surface area contributed by atoms with Crippen molar-refractivity contribution in [3.8, 4) is 5.75 Å². The molecule has 1 saturated heterocycles. The molecule has 0 aliphatic carbocycles. The maximum Gasteiger partial charge on any atom is 0.191 e. The molecule has 3 atom stereocenters. The number of guanidine groups is 1. The molecule has 134 valence electrons. The number of likely N-dealkylation sites (tertiary alicyclic amines) is 1. The molecule has 0 bridgehead atoms. The van der Waals surface area contributed by atoms with Gasteiger partial charge in [0.05, 0.1) is 6.54 Å². The average molecular weight is 332 g/mol. The van der Waals surface area contributed by atoms with Crippen LogP contribution in [0.1, 0.15) is 27.7 Å². The minimum atomic E-state index is 0.0686. The lowest BCUT2D eigenvalue weighted by molar-refractivity contribution is 0.223. The highest BCUT2D eigenvalue weighted by atomic mass is 16.5. The van der Waals surface area contributed by atoms with Gasteiger partial charge in [0, 0.05) is 32.2 Å². The molecule has 1 aromatic rings. The highest BCUT2D eigenvalue weighted by Crippen LogP contribution is 2.18. The molecule has 2 rings (SSSR count). The van der Waals surface area contributed by atoms with Crippen LogP contribution >= 0.6 is 0 Å². The summed E-state index contributed by atoms with van der Waals surface area (Å²) >= 11 is 0. The van der Waals surface area contributed by atoms with Crippen molar-refractivity contribution in [1.82, 2.24) is 15.5 Å². The topological polar surface area (TPSA) is 48.9 Å². The molecule has 1 heterocycles. The molecule has 24 heavy (non-hydrogen) atoms. The van der Waals surface area contributed by atoms with Gasteiger partial charge >= 0.3 is 0 Å². The zero-order valence-electron chi connectivity index (χ0n) is 15.6. The third-order valence-corrected chi connectivity index (χ3v) is 4.55. The minimum absolute atomic E-state index is 0.0686. The Bertz CT molecular complexity index is 517. The highest BCUT2D eigenvalue weighted by molar-refractivity contribution is 5.80. The van der Waals surface area contributed by atoms with Crippen molar-refractivity contribution < 1.29 is 4.74 Å². The second kappa shape index (κ2) is 8.92. The van der Waals surface area contributed by atoms with Gasteiger partial charge in [-0.15, -0.1) is 0 Å². The van der Waals surface area contributed by atoms with Gasteiger partial charge in [0.25, 0.3) is 0 Å². The largest absolute Gasteiger partial charge is 0.489 e. The monoisotopic (exact) mass is 332 g/mol. The lowest BCUT2D eigenvalue weighted by Gasteiger charge is -2.23. The summed E-state index contributed by atoms with van der Waals surface area (Å²) in [7, 11) is 1.82. The molecule has 0 spiro atoms. The zero-order valence-corrected chi connectivity index (χ0v) is 15.6. The number of rotatable bonds is 6. The van der Waals surface area contributed by atoms with E-state index in [1.165, 1.54) is 0 Å². The second-order valence-electron chi connectivity index (χ2n) is 6.97. The van der Waals surface area contributed by atoms with Crippen molar-refractivity contribution in [3.63, 3.8) is 0 Å². The van der Waals surface area contributed by atoms with E-state index in [-0.39, 0.29) is 6.10 Å². The van der Waals surface area contributed by atoms with Crippen molar-refractivity contribution >= 4 is 5.96 Å². The number of nitrogens with zero attached hydrogens (tertiary/aromatic N) is 2. The molecule has 5 heteroatoms. The predicted molar refractivity (Wildman–Crippen MR) is 101 cm³/mol. The molecule has 0 saturated carbocycles. The lowest BCUT2D eigenvalue weighted by atomic mass is 10.1. The molecule has 3 unspecified atom stereocenters. The van der Waals surface area contributed by atoms with Crippen LogP contribution in [0.5, 0.6) is 5.75 Å². The van der Waals surface area contributed by atoms with Gasteiger partial charge in [-0.1, -0.05) is 25.1 Å². The molecule has 0 radical (unpaired) electrons. The Morgan fingerprint density at radius 2 is 1.96 bits per heavy atom. The van der Waals surface area contributed by atoms with E-state index in [0.29, 0.717) is 24.5 Å². The average Bonchev–Trinajstić information content (AvgIpc) is 2.93. The Labute approximate surface area is 146 Å². The van der Waals surface area contributed by atoms with Crippen LogP contribution in [0.2, 0.25) is 0 Å². The molecule has 1 aliphatic heterocycles. The van der Waals surface area contributed by atoms with Gasteiger partial charge in [0.15, 0.2) is 5.96 Å². The van der Waals surface area contributed by atoms with E-state index in [4.69, 9.17) is 4.74 Å². The summed E-state index contributed by atoms with van der Waals surface area (Å²) in [5, 5.41) is 6.94. The SMILES string of the molecule is CN=C(NCC(C)Oc1ccccc1)NC1CN(C(C)C)CC1C. The van der Waals surface area contributed by atoms with E-state index in [1.807, 2.05) is 37.4 Å². The lowest BCUT2D eigenvalue weighted by Crippen LogP contribution is -2.48. The maximum absolute atomic E-state index is 5.90. The van der Waals surface area contributed by atoms with Crippen molar-refractivity contribution in [3.05, 3.63) is 30.3 Å². The van der Waals surface area contributed by atoms with E-state index >= 15 is 0 Å². The van der Waals surface area contributed by atoms with Crippen LogP contribution in [0, 0.1) is 5.92 Å². The van der Waals surface area contributed by atoms with Crippen molar-refractivity contribution in [2.24, 2.45) is 10.9 Å². The van der Waals surface area contributed by atoms with Crippen LogP contribution in [0.3, 0.4) is 0 Å². The predicted octanol–water partition coefficient (Wildman–Crippen LogP) is 2.35. The first-order chi connectivity index (χ1) is 11.5. The number of benzene rings is 1. The van der Waals surface area contributed by atoms with Crippen molar-refractivity contribution in [2.45, 2.75) is 45.9 Å². The third-order valence-electron chi connectivity index (χ3n) is 4.55. The van der Waals surface area contributed by atoms with Gasteiger partial charge in [-0.25, -0.2) is 0 Å². The highest BCUT2D eigenvalue weighted by Gasteiger charge is 2.31. The smallest absolute Gasteiger partial charge is 0.191 e. The molecule has 1 aliphatic rings. The van der Waals surface area contributed by atoms with Crippen molar-refractivity contribution in [2.75, 3.05) is 26.7 Å². The van der Waals surface area contributed by atoms with Gasteiger partial charge in [-0.2, -0.15) is 0 Å². The summed E-state index contributed by atoms with van der Waals surface area (Å²) in [6.45, 7) is 11.8. The Hall–Kier alpha value is -1.75. The minimum Gasteiger partial charge on any atom is -0.489 e. The number of ether oxygens (including phenoxy) is 1. The van der Waals surface area contributed by atoms with E-state index < -0.39 is 0 Å². The van der Waals surface area contributed by atoms with Crippen LogP contribution in [0.4, 0.5) is 0 Å². The quantitative estimate of drug-likeness (QED) is 0.620. The fourth-order valence-electron chi connectivity index (χ4n) is 3.00. The molecule has 1 aromatic carbocycles. The van der Waals surface area contributed by atoms with Gasteiger partial charge in [0.1, 0.15) is 11.9 Å². The fourth-order valence-corrected chi connectivity index (χ4v) is 3.00. The van der Waals surface area contributed by atoms with Crippen LogP contribution in [-0.2, 0) is 0 Å². The number of aliphatic imine (C=N–C) groups is 1. The van der Waals surface area contributed by atoms with Gasteiger partial charge in [-0.3, -0.25) is 9.89 Å². The Kier molecular flexibility index (Phi) is 6.91. The summed E-state index contributed by atoms with van der Waals surface area (Å²) in [6, 6.07) is 10.9. The van der Waals surface area contributed by atoms with E-state index in [9.17, 15) is 0 Å². The fraction of sp³-hybridized carbons (Fsp3) is 0.632. The maximum atomic E-state index is 5.90. The summed E-state index contributed by atoms with van der Waals surface area (Å²) in [5.74, 6) is 2.36. The first-order valence-corrected chi connectivity index (χ1v) is 8.92. The molecule has 1 fully saturated rings. The Morgan fingerprint density at radius 1 is 1.25 bits per heavy atom. The van der Waals surface area contributed by atoms with Gasteiger partial charge < -0.3 is 15.4 Å². The van der Waals surface area contributed by atoms with E-state index in [1.54, 1.807) is 0 Å². The van der Waals surface area contributed by atoms with Crippen LogP contribution in [0.15, 0.2) is 35.3 Å². The number of hydrogen-bond acceptors (Lipinski definition) is 3. The summed E-state index contributed by atoms with van der Waals surface area (Å²) in [5.41, 5.74) is 0. The molecule has 0 aromatic heterocycles. The van der Waals surface area contributed by atoms with E-state index in [2.05, 4.69) is 48.2 Å². The first-order valence-electron chi connectivity index (χ1n) is 8.92.